The van der Waals surface area contributed by atoms with Crippen LogP contribution in [0, 0.1) is 17.8 Å². The van der Waals surface area contributed by atoms with Crippen molar-refractivity contribution in [3.8, 4) is 0 Å². The van der Waals surface area contributed by atoms with E-state index in [9.17, 15) is 4.79 Å². The molecular weight excluding hydrogens is 172 g/mol. The van der Waals surface area contributed by atoms with Gasteiger partial charge in [-0.25, -0.2) is 0 Å². The third-order valence-electron chi connectivity index (χ3n) is 3.42. The minimum absolute atomic E-state index is 0.503. The van der Waals surface area contributed by atoms with Gasteiger partial charge >= 0.3 is 0 Å². The van der Waals surface area contributed by atoms with Crippen molar-refractivity contribution in [3.63, 3.8) is 0 Å². The maximum Gasteiger partial charge on any atom is 0.133 e. The molecule has 2 unspecified atom stereocenters. The van der Waals surface area contributed by atoms with Gasteiger partial charge in [-0.2, -0.15) is 0 Å². The van der Waals surface area contributed by atoms with Crippen molar-refractivity contribution < 1.29 is 4.79 Å². The summed E-state index contributed by atoms with van der Waals surface area (Å²) >= 11 is 0. The molecule has 1 nitrogen and oxygen atoms in total. The zero-order valence-corrected chi connectivity index (χ0v) is 9.88. The third kappa shape index (κ3) is 3.81. The van der Waals surface area contributed by atoms with E-state index in [4.69, 9.17) is 0 Å². The van der Waals surface area contributed by atoms with Gasteiger partial charge in [-0.3, -0.25) is 4.79 Å². The number of carbonyl (C=O) groups excluding carboxylic acids is 1. The highest BCUT2D eigenvalue weighted by Gasteiger charge is 2.23. The molecule has 0 bridgehead atoms. The van der Waals surface area contributed by atoms with Gasteiger partial charge in [0, 0.05) is 12.8 Å². The van der Waals surface area contributed by atoms with Gasteiger partial charge in [0.1, 0.15) is 5.78 Å². The van der Waals surface area contributed by atoms with Crippen molar-refractivity contribution in [3.05, 3.63) is 0 Å². The van der Waals surface area contributed by atoms with Crippen LogP contribution in [0.5, 0.6) is 0 Å². The highest BCUT2D eigenvalue weighted by molar-refractivity contribution is 5.78. The SMILES string of the molecule is CC(C)CC(C)C1CCCCC(=O)C1. The van der Waals surface area contributed by atoms with Gasteiger partial charge < -0.3 is 0 Å². The zero-order chi connectivity index (χ0) is 10.6. The first kappa shape index (κ1) is 11.7. The van der Waals surface area contributed by atoms with E-state index in [0.29, 0.717) is 11.7 Å². The van der Waals surface area contributed by atoms with Crippen molar-refractivity contribution in [1.29, 1.82) is 0 Å². The lowest BCUT2D eigenvalue weighted by atomic mass is 9.82. The predicted octanol–water partition coefficient (Wildman–Crippen LogP) is 3.82. The van der Waals surface area contributed by atoms with Gasteiger partial charge in [0.2, 0.25) is 0 Å². The summed E-state index contributed by atoms with van der Waals surface area (Å²) in [5.41, 5.74) is 0. The molecule has 0 heterocycles. The van der Waals surface area contributed by atoms with E-state index in [1.165, 1.54) is 19.3 Å². The summed E-state index contributed by atoms with van der Waals surface area (Å²) in [5.74, 6) is 2.68. The minimum atomic E-state index is 0.503. The van der Waals surface area contributed by atoms with E-state index in [1.807, 2.05) is 0 Å². The Hall–Kier alpha value is -0.330. The molecule has 1 fully saturated rings. The van der Waals surface area contributed by atoms with E-state index in [0.717, 1.165) is 31.1 Å². The number of carbonyl (C=O) groups is 1. The Labute approximate surface area is 88.3 Å². The fraction of sp³-hybridized carbons (Fsp3) is 0.923. The normalized spacial score (nSPS) is 26.3. The Morgan fingerprint density at radius 1 is 1.29 bits per heavy atom. The summed E-state index contributed by atoms with van der Waals surface area (Å²) in [4.78, 5) is 11.5. The van der Waals surface area contributed by atoms with Crippen LogP contribution in [0.4, 0.5) is 0 Å². The van der Waals surface area contributed by atoms with Gasteiger partial charge in [-0.15, -0.1) is 0 Å². The molecule has 1 rings (SSSR count). The van der Waals surface area contributed by atoms with E-state index in [1.54, 1.807) is 0 Å². The van der Waals surface area contributed by atoms with Crippen LogP contribution in [0.1, 0.15) is 59.3 Å². The lowest BCUT2D eigenvalue weighted by Crippen LogP contribution is -2.16. The molecule has 0 amide bonds. The summed E-state index contributed by atoms with van der Waals surface area (Å²) in [7, 11) is 0. The lowest BCUT2D eigenvalue weighted by Gasteiger charge is -2.23. The molecule has 2 atom stereocenters. The second-order valence-corrected chi connectivity index (χ2v) is 5.36. The molecule has 0 radical (unpaired) electrons. The number of hydrogen-bond donors (Lipinski definition) is 0. The maximum absolute atomic E-state index is 11.5. The number of hydrogen-bond acceptors (Lipinski definition) is 1. The van der Waals surface area contributed by atoms with E-state index in [2.05, 4.69) is 20.8 Å². The molecule has 0 aliphatic heterocycles. The van der Waals surface area contributed by atoms with Crippen LogP contribution in [0.25, 0.3) is 0 Å². The monoisotopic (exact) mass is 196 g/mol. The largest absolute Gasteiger partial charge is 0.300 e. The Morgan fingerprint density at radius 3 is 2.64 bits per heavy atom. The average molecular weight is 196 g/mol. The average Bonchev–Trinajstić information content (AvgIpc) is 2.28. The number of Topliss-reactive ketones (excluding diaryl/α,β-unsaturated/α-hetero) is 1. The smallest absolute Gasteiger partial charge is 0.133 e. The van der Waals surface area contributed by atoms with Crippen LogP contribution in [0.3, 0.4) is 0 Å². The van der Waals surface area contributed by atoms with Crippen molar-refractivity contribution >= 4 is 5.78 Å². The Balaban J connectivity index is 2.43. The predicted molar refractivity (Wildman–Crippen MR) is 60.2 cm³/mol. The maximum atomic E-state index is 11.5. The van der Waals surface area contributed by atoms with Gasteiger partial charge in [-0.1, -0.05) is 27.2 Å². The van der Waals surface area contributed by atoms with E-state index < -0.39 is 0 Å². The molecule has 0 spiro atoms. The summed E-state index contributed by atoms with van der Waals surface area (Å²) in [5, 5.41) is 0. The van der Waals surface area contributed by atoms with Crippen molar-refractivity contribution in [2.24, 2.45) is 17.8 Å². The van der Waals surface area contributed by atoms with Crippen LogP contribution < -0.4 is 0 Å². The van der Waals surface area contributed by atoms with Gasteiger partial charge in [-0.05, 0) is 37.0 Å². The fourth-order valence-electron chi connectivity index (χ4n) is 2.65. The zero-order valence-electron chi connectivity index (χ0n) is 9.88. The van der Waals surface area contributed by atoms with Crippen LogP contribution >= 0.6 is 0 Å². The highest BCUT2D eigenvalue weighted by atomic mass is 16.1. The minimum Gasteiger partial charge on any atom is -0.300 e. The van der Waals surface area contributed by atoms with Crippen LogP contribution in [0.2, 0.25) is 0 Å². The standard InChI is InChI=1S/C13H24O/c1-10(2)8-11(3)12-6-4-5-7-13(14)9-12/h10-12H,4-9H2,1-3H3. The molecular formula is C13H24O. The van der Waals surface area contributed by atoms with Gasteiger partial charge in [0.15, 0.2) is 0 Å². The van der Waals surface area contributed by atoms with Gasteiger partial charge in [0.25, 0.3) is 0 Å². The second kappa shape index (κ2) is 5.53. The van der Waals surface area contributed by atoms with Crippen molar-refractivity contribution in [2.75, 3.05) is 0 Å². The Morgan fingerprint density at radius 2 is 2.00 bits per heavy atom. The highest BCUT2D eigenvalue weighted by Crippen LogP contribution is 2.30. The van der Waals surface area contributed by atoms with Crippen LogP contribution in [-0.2, 0) is 4.79 Å². The molecule has 0 aromatic carbocycles. The molecule has 0 N–H and O–H groups in total. The van der Waals surface area contributed by atoms with Gasteiger partial charge in [0.05, 0.1) is 0 Å². The second-order valence-electron chi connectivity index (χ2n) is 5.36. The molecule has 0 aromatic heterocycles. The van der Waals surface area contributed by atoms with Crippen LogP contribution in [0.15, 0.2) is 0 Å². The summed E-state index contributed by atoms with van der Waals surface area (Å²) in [6, 6.07) is 0. The lowest BCUT2D eigenvalue weighted by molar-refractivity contribution is -0.119. The first-order valence-electron chi connectivity index (χ1n) is 6.11. The van der Waals surface area contributed by atoms with Crippen molar-refractivity contribution in [2.45, 2.75) is 59.3 Å². The molecule has 0 aromatic rings. The molecule has 1 saturated carbocycles. The first-order valence-corrected chi connectivity index (χ1v) is 6.11. The molecule has 14 heavy (non-hydrogen) atoms. The number of rotatable bonds is 3. The fourth-order valence-corrected chi connectivity index (χ4v) is 2.65. The summed E-state index contributed by atoms with van der Waals surface area (Å²) in [6.45, 7) is 6.87. The first-order chi connectivity index (χ1) is 6.59. The van der Waals surface area contributed by atoms with E-state index in [-0.39, 0.29) is 0 Å². The van der Waals surface area contributed by atoms with Crippen LogP contribution in [-0.4, -0.2) is 5.78 Å². The van der Waals surface area contributed by atoms with E-state index >= 15 is 0 Å². The Bertz CT molecular complexity index is 184. The third-order valence-corrected chi connectivity index (χ3v) is 3.42. The Kier molecular flexibility index (Phi) is 4.64. The molecule has 1 aliphatic rings. The molecule has 1 heteroatoms. The molecule has 1 aliphatic carbocycles. The topological polar surface area (TPSA) is 17.1 Å². The summed E-state index contributed by atoms with van der Waals surface area (Å²) in [6.07, 6.45) is 6.64. The summed E-state index contributed by atoms with van der Waals surface area (Å²) < 4.78 is 0. The molecule has 0 saturated heterocycles. The van der Waals surface area contributed by atoms with Crippen molar-refractivity contribution in [1.82, 2.24) is 0 Å². The molecule has 82 valence electrons. The number of ketones is 1. The quantitative estimate of drug-likeness (QED) is 0.627.